The van der Waals surface area contributed by atoms with E-state index in [1.807, 2.05) is 17.8 Å². The van der Waals surface area contributed by atoms with Crippen LogP contribution in [0.1, 0.15) is 26.2 Å². The van der Waals surface area contributed by atoms with Gasteiger partial charge in [-0.2, -0.15) is 0 Å². The molecule has 1 aromatic rings. The second-order valence-electron chi connectivity index (χ2n) is 3.95. The summed E-state index contributed by atoms with van der Waals surface area (Å²) in [6.07, 6.45) is 3.38. The predicted octanol–water partition coefficient (Wildman–Crippen LogP) is 3.96. The summed E-state index contributed by atoms with van der Waals surface area (Å²) in [4.78, 5) is 1.27. The molecule has 0 bridgehead atoms. The van der Waals surface area contributed by atoms with E-state index in [1.54, 1.807) is 14.2 Å². The van der Waals surface area contributed by atoms with Crippen LogP contribution in [0, 0.1) is 0 Å². The van der Waals surface area contributed by atoms with Crippen molar-refractivity contribution in [2.75, 3.05) is 14.2 Å². The van der Waals surface area contributed by atoms with Gasteiger partial charge in [0.2, 0.25) is 0 Å². The standard InChI is InChI=1S/C14H22O2S/c1-4-5-11-13(14(15-2)16-3)17-12-9-7-6-8-10-12/h6-10,13-14H,4-5,11H2,1-3H3. The van der Waals surface area contributed by atoms with Gasteiger partial charge in [-0.1, -0.05) is 38.0 Å². The van der Waals surface area contributed by atoms with Crippen molar-refractivity contribution in [1.82, 2.24) is 0 Å². The molecule has 1 atom stereocenters. The number of rotatable bonds is 8. The Bertz CT molecular complexity index is 286. The van der Waals surface area contributed by atoms with Gasteiger partial charge in [0, 0.05) is 19.1 Å². The highest BCUT2D eigenvalue weighted by Crippen LogP contribution is 2.30. The smallest absolute Gasteiger partial charge is 0.168 e. The maximum absolute atomic E-state index is 5.39. The number of thioether (sulfide) groups is 1. The molecule has 0 aliphatic carbocycles. The topological polar surface area (TPSA) is 18.5 Å². The third-order valence-electron chi connectivity index (χ3n) is 2.64. The van der Waals surface area contributed by atoms with Gasteiger partial charge in [0.05, 0.1) is 5.25 Å². The maximum atomic E-state index is 5.39. The number of hydrogen-bond donors (Lipinski definition) is 0. The molecule has 0 amide bonds. The molecule has 1 rings (SSSR count). The van der Waals surface area contributed by atoms with Crippen LogP contribution in [0.3, 0.4) is 0 Å². The zero-order chi connectivity index (χ0) is 12.5. The molecule has 0 heterocycles. The quantitative estimate of drug-likeness (QED) is 0.517. The van der Waals surface area contributed by atoms with E-state index < -0.39 is 0 Å². The Labute approximate surface area is 109 Å². The first kappa shape index (κ1) is 14.6. The van der Waals surface area contributed by atoms with Gasteiger partial charge in [0.15, 0.2) is 6.29 Å². The third-order valence-corrected chi connectivity index (χ3v) is 3.95. The van der Waals surface area contributed by atoms with Gasteiger partial charge in [-0.25, -0.2) is 0 Å². The van der Waals surface area contributed by atoms with E-state index in [4.69, 9.17) is 9.47 Å². The lowest BCUT2D eigenvalue weighted by atomic mass is 10.2. The van der Waals surface area contributed by atoms with Crippen molar-refractivity contribution in [3.8, 4) is 0 Å². The zero-order valence-electron chi connectivity index (χ0n) is 10.9. The fourth-order valence-electron chi connectivity index (χ4n) is 1.73. The van der Waals surface area contributed by atoms with E-state index in [0.717, 1.165) is 6.42 Å². The zero-order valence-corrected chi connectivity index (χ0v) is 11.7. The van der Waals surface area contributed by atoms with Gasteiger partial charge in [-0.3, -0.25) is 0 Å². The van der Waals surface area contributed by atoms with Gasteiger partial charge < -0.3 is 9.47 Å². The molecule has 0 saturated heterocycles. The first-order valence-corrected chi connectivity index (χ1v) is 6.97. The van der Waals surface area contributed by atoms with Gasteiger partial charge in [0.1, 0.15) is 0 Å². The van der Waals surface area contributed by atoms with Gasteiger partial charge in [0.25, 0.3) is 0 Å². The van der Waals surface area contributed by atoms with Crippen molar-refractivity contribution in [2.45, 2.75) is 42.6 Å². The summed E-state index contributed by atoms with van der Waals surface area (Å²) < 4.78 is 10.8. The maximum Gasteiger partial charge on any atom is 0.168 e. The van der Waals surface area contributed by atoms with Crippen molar-refractivity contribution in [3.05, 3.63) is 30.3 Å². The molecule has 1 aromatic carbocycles. The fraction of sp³-hybridized carbons (Fsp3) is 0.571. The Morgan fingerprint density at radius 3 is 2.29 bits per heavy atom. The van der Waals surface area contributed by atoms with Crippen molar-refractivity contribution in [1.29, 1.82) is 0 Å². The number of benzene rings is 1. The normalized spacial score (nSPS) is 12.9. The molecule has 0 saturated carbocycles. The molecule has 0 aliphatic heterocycles. The molecule has 0 aromatic heterocycles. The Morgan fingerprint density at radius 2 is 1.76 bits per heavy atom. The summed E-state index contributed by atoms with van der Waals surface area (Å²) in [6.45, 7) is 2.21. The van der Waals surface area contributed by atoms with Crippen LogP contribution in [-0.4, -0.2) is 25.8 Å². The Kier molecular flexibility index (Phi) is 7.33. The van der Waals surface area contributed by atoms with Crippen LogP contribution in [0.2, 0.25) is 0 Å². The van der Waals surface area contributed by atoms with E-state index in [0.29, 0.717) is 5.25 Å². The second kappa shape index (κ2) is 8.56. The minimum absolute atomic E-state index is 0.133. The van der Waals surface area contributed by atoms with E-state index in [2.05, 4.69) is 31.2 Å². The third kappa shape index (κ3) is 5.11. The first-order chi connectivity index (χ1) is 8.31. The predicted molar refractivity (Wildman–Crippen MR) is 73.4 cm³/mol. The molecule has 1 unspecified atom stereocenters. The summed E-state index contributed by atoms with van der Waals surface area (Å²) in [6, 6.07) is 10.4. The minimum atomic E-state index is -0.133. The summed E-state index contributed by atoms with van der Waals surface area (Å²) in [7, 11) is 3.41. The second-order valence-corrected chi connectivity index (χ2v) is 5.26. The number of hydrogen-bond acceptors (Lipinski definition) is 3. The molecule has 3 heteroatoms. The Morgan fingerprint density at radius 1 is 1.12 bits per heavy atom. The van der Waals surface area contributed by atoms with Crippen LogP contribution >= 0.6 is 11.8 Å². The van der Waals surface area contributed by atoms with E-state index in [1.165, 1.54) is 17.7 Å². The summed E-state index contributed by atoms with van der Waals surface area (Å²) >= 11 is 1.84. The average Bonchev–Trinajstić information content (AvgIpc) is 2.38. The Hall–Kier alpha value is -0.510. The van der Waals surface area contributed by atoms with Crippen molar-refractivity contribution >= 4 is 11.8 Å². The van der Waals surface area contributed by atoms with Crippen LogP contribution < -0.4 is 0 Å². The molecule has 0 radical (unpaired) electrons. The highest BCUT2D eigenvalue weighted by atomic mass is 32.2. The number of methoxy groups -OCH3 is 2. The fourth-order valence-corrected chi connectivity index (χ4v) is 3.01. The van der Waals surface area contributed by atoms with Gasteiger partial charge in [-0.05, 0) is 18.6 Å². The van der Waals surface area contributed by atoms with Crippen LogP contribution in [0.4, 0.5) is 0 Å². The molecule has 0 spiro atoms. The minimum Gasteiger partial charge on any atom is -0.355 e. The summed E-state index contributed by atoms with van der Waals surface area (Å²) in [5.41, 5.74) is 0. The Balaban J connectivity index is 2.62. The molecule has 2 nitrogen and oxygen atoms in total. The lowest BCUT2D eigenvalue weighted by Gasteiger charge is -2.24. The molecule has 96 valence electrons. The van der Waals surface area contributed by atoms with Crippen LogP contribution in [-0.2, 0) is 9.47 Å². The van der Waals surface area contributed by atoms with E-state index >= 15 is 0 Å². The van der Waals surface area contributed by atoms with Gasteiger partial charge >= 0.3 is 0 Å². The lowest BCUT2D eigenvalue weighted by Crippen LogP contribution is -2.27. The highest BCUT2D eigenvalue weighted by molar-refractivity contribution is 8.00. The molecular weight excluding hydrogens is 232 g/mol. The first-order valence-electron chi connectivity index (χ1n) is 6.09. The van der Waals surface area contributed by atoms with Crippen LogP contribution in [0.5, 0.6) is 0 Å². The number of unbranched alkanes of at least 4 members (excludes halogenated alkanes) is 1. The molecule has 0 aliphatic rings. The average molecular weight is 254 g/mol. The molecule has 0 N–H and O–H groups in total. The van der Waals surface area contributed by atoms with Gasteiger partial charge in [-0.15, -0.1) is 11.8 Å². The van der Waals surface area contributed by atoms with Crippen LogP contribution in [0.15, 0.2) is 35.2 Å². The van der Waals surface area contributed by atoms with Crippen molar-refractivity contribution < 1.29 is 9.47 Å². The SMILES string of the molecule is CCCCC(Sc1ccccc1)C(OC)OC. The largest absolute Gasteiger partial charge is 0.355 e. The van der Waals surface area contributed by atoms with Crippen molar-refractivity contribution in [3.63, 3.8) is 0 Å². The summed E-state index contributed by atoms with van der Waals surface area (Å²) in [5, 5.41) is 0.354. The monoisotopic (exact) mass is 254 g/mol. The van der Waals surface area contributed by atoms with E-state index in [9.17, 15) is 0 Å². The van der Waals surface area contributed by atoms with Crippen LogP contribution in [0.25, 0.3) is 0 Å². The summed E-state index contributed by atoms with van der Waals surface area (Å²) in [5.74, 6) is 0. The molecule has 0 fully saturated rings. The van der Waals surface area contributed by atoms with E-state index in [-0.39, 0.29) is 6.29 Å². The van der Waals surface area contributed by atoms with Crippen molar-refractivity contribution in [2.24, 2.45) is 0 Å². The molecule has 17 heavy (non-hydrogen) atoms. The highest BCUT2D eigenvalue weighted by Gasteiger charge is 2.21. The number of ether oxygens (including phenoxy) is 2. The lowest BCUT2D eigenvalue weighted by molar-refractivity contribution is -0.102. The molecular formula is C14H22O2S.